The Labute approximate surface area is 133 Å². The van der Waals surface area contributed by atoms with Gasteiger partial charge in [0.25, 0.3) is 0 Å². The topological polar surface area (TPSA) is 47.3 Å². The van der Waals surface area contributed by atoms with E-state index < -0.39 is 0 Å². The molecule has 0 N–H and O–H groups in total. The second kappa shape index (κ2) is 5.02. The molecule has 0 radical (unpaired) electrons. The molecule has 0 bridgehead atoms. The SMILES string of the molecule is Cc1ccc(-c2nc3sc(C(C)(C)C)nn3c2C=O)c(C)c1. The van der Waals surface area contributed by atoms with Gasteiger partial charge in [-0.05, 0) is 19.4 Å². The third-order valence-corrected chi connectivity index (χ3v) is 4.96. The lowest BCUT2D eigenvalue weighted by atomic mass is 9.98. The number of carbonyl (C=O) groups excluding carboxylic acids is 1. The summed E-state index contributed by atoms with van der Waals surface area (Å²) in [7, 11) is 0. The molecular formula is C17H19N3OS. The van der Waals surface area contributed by atoms with Crippen molar-refractivity contribution in [1.29, 1.82) is 0 Å². The van der Waals surface area contributed by atoms with E-state index in [1.165, 1.54) is 5.56 Å². The highest BCUT2D eigenvalue weighted by Gasteiger charge is 2.23. The zero-order chi connectivity index (χ0) is 16.1. The van der Waals surface area contributed by atoms with Crippen LogP contribution in [0.15, 0.2) is 18.2 Å². The van der Waals surface area contributed by atoms with Gasteiger partial charge in [0.05, 0.1) is 0 Å². The molecule has 0 fully saturated rings. The van der Waals surface area contributed by atoms with Crippen LogP contribution >= 0.6 is 11.3 Å². The van der Waals surface area contributed by atoms with Gasteiger partial charge < -0.3 is 0 Å². The summed E-state index contributed by atoms with van der Waals surface area (Å²) in [6.07, 6.45) is 0.848. The fraction of sp³-hybridized carbons (Fsp3) is 0.353. The molecule has 0 aliphatic rings. The van der Waals surface area contributed by atoms with Crippen LogP contribution in [0.4, 0.5) is 0 Å². The summed E-state index contributed by atoms with van der Waals surface area (Å²) in [6, 6.07) is 6.17. The van der Waals surface area contributed by atoms with Crippen molar-refractivity contribution < 1.29 is 4.79 Å². The third-order valence-electron chi connectivity index (χ3n) is 3.63. The molecule has 5 heteroatoms. The molecule has 4 nitrogen and oxygen atoms in total. The van der Waals surface area contributed by atoms with Gasteiger partial charge in [-0.3, -0.25) is 4.79 Å². The van der Waals surface area contributed by atoms with Crippen molar-refractivity contribution >= 4 is 22.6 Å². The molecule has 2 heterocycles. The number of fused-ring (bicyclic) bond motifs is 1. The van der Waals surface area contributed by atoms with Crippen LogP contribution in [0.2, 0.25) is 0 Å². The van der Waals surface area contributed by atoms with Crippen molar-refractivity contribution in [2.45, 2.75) is 40.0 Å². The molecule has 0 atom stereocenters. The first-order valence-corrected chi connectivity index (χ1v) is 8.06. The lowest BCUT2D eigenvalue weighted by molar-refractivity contribution is 0.111. The zero-order valence-electron chi connectivity index (χ0n) is 13.5. The third kappa shape index (κ3) is 2.35. The fourth-order valence-corrected chi connectivity index (χ4v) is 3.41. The second-order valence-electron chi connectivity index (χ2n) is 6.63. The van der Waals surface area contributed by atoms with E-state index in [0.717, 1.165) is 27.4 Å². The highest BCUT2D eigenvalue weighted by molar-refractivity contribution is 7.16. The molecule has 3 aromatic rings. The first-order chi connectivity index (χ1) is 10.3. The first-order valence-electron chi connectivity index (χ1n) is 7.24. The number of imidazole rings is 1. The maximum Gasteiger partial charge on any atom is 0.213 e. The number of aldehydes is 1. The van der Waals surface area contributed by atoms with Gasteiger partial charge in [0.15, 0.2) is 6.29 Å². The van der Waals surface area contributed by atoms with E-state index in [9.17, 15) is 4.79 Å². The molecule has 0 saturated heterocycles. The van der Waals surface area contributed by atoms with E-state index in [0.29, 0.717) is 11.4 Å². The summed E-state index contributed by atoms with van der Waals surface area (Å²) in [4.78, 5) is 17.0. The molecule has 1 aromatic carbocycles. The molecule has 2 aromatic heterocycles. The number of rotatable bonds is 2. The smallest absolute Gasteiger partial charge is 0.213 e. The van der Waals surface area contributed by atoms with Gasteiger partial charge in [-0.2, -0.15) is 9.61 Å². The Hall–Kier alpha value is -2.01. The van der Waals surface area contributed by atoms with Crippen LogP contribution < -0.4 is 0 Å². The normalized spacial score (nSPS) is 12.0. The van der Waals surface area contributed by atoms with E-state index in [1.807, 2.05) is 19.1 Å². The van der Waals surface area contributed by atoms with Gasteiger partial charge in [0.1, 0.15) is 16.4 Å². The second-order valence-corrected chi connectivity index (χ2v) is 7.59. The predicted octanol–water partition coefficient (Wildman–Crippen LogP) is 4.18. The molecule has 0 unspecified atom stereocenters. The predicted molar refractivity (Wildman–Crippen MR) is 89.9 cm³/mol. The Balaban J connectivity index is 2.23. The number of benzene rings is 1. The largest absolute Gasteiger partial charge is 0.296 e. The van der Waals surface area contributed by atoms with E-state index in [1.54, 1.807) is 15.9 Å². The Bertz CT molecular complexity index is 868. The van der Waals surface area contributed by atoms with Crippen LogP contribution in [0, 0.1) is 13.8 Å². The van der Waals surface area contributed by atoms with Gasteiger partial charge in [-0.1, -0.05) is 55.9 Å². The summed E-state index contributed by atoms with van der Waals surface area (Å²) in [5.74, 6) is 0. The highest BCUT2D eigenvalue weighted by atomic mass is 32.1. The van der Waals surface area contributed by atoms with Crippen LogP contribution in [-0.4, -0.2) is 20.9 Å². The summed E-state index contributed by atoms with van der Waals surface area (Å²) >= 11 is 1.54. The number of carbonyl (C=O) groups is 1. The van der Waals surface area contributed by atoms with Crippen LogP contribution in [0.3, 0.4) is 0 Å². The van der Waals surface area contributed by atoms with Crippen LogP contribution in [0.5, 0.6) is 0 Å². The molecule has 0 spiro atoms. The van der Waals surface area contributed by atoms with Crippen molar-refractivity contribution in [1.82, 2.24) is 14.6 Å². The number of nitrogens with zero attached hydrogens (tertiary/aromatic N) is 3. The molecule has 0 amide bonds. The maximum absolute atomic E-state index is 11.6. The number of hydrogen-bond donors (Lipinski definition) is 0. The minimum absolute atomic E-state index is 0.0501. The first kappa shape index (κ1) is 14.9. The average molecular weight is 313 g/mol. The molecule has 0 aliphatic heterocycles. The Morgan fingerprint density at radius 1 is 1.23 bits per heavy atom. The number of aromatic nitrogens is 3. The van der Waals surface area contributed by atoms with Crippen LogP contribution in [0.1, 0.15) is 47.4 Å². The lowest BCUT2D eigenvalue weighted by Crippen LogP contribution is -2.11. The highest BCUT2D eigenvalue weighted by Crippen LogP contribution is 2.32. The number of aryl methyl sites for hydroxylation is 2. The minimum atomic E-state index is -0.0501. The standard InChI is InChI=1S/C17H19N3OS/c1-10-6-7-12(11(2)8-10)14-13(9-21)20-16(18-14)22-15(19-20)17(3,4)5/h6-9H,1-5H3. The van der Waals surface area contributed by atoms with Crippen LogP contribution in [-0.2, 0) is 5.41 Å². The summed E-state index contributed by atoms with van der Waals surface area (Å²) in [5.41, 5.74) is 4.49. The van der Waals surface area contributed by atoms with Crippen molar-refractivity contribution in [3.05, 3.63) is 40.0 Å². The Morgan fingerprint density at radius 2 is 1.95 bits per heavy atom. The molecule has 0 saturated carbocycles. The summed E-state index contributed by atoms with van der Waals surface area (Å²) < 4.78 is 1.67. The van der Waals surface area contributed by atoms with Crippen LogP contribution in [0.25, 0.3) is 16.2 Å². The van der Waals surface area contributed by atoms with Crippen molar-refractivity contribution in [2.75, 3.05) is 0 Å². The monoisotopic (exact) mass is 313 g/mol. The Kier molecular flexibility index (Phi) is 3.40. The summed E-state index contributed by atoms with van der Waals surface area (Å²) in [5, 5.41) is 5.57. The Morgan fingerprint density at radius 3 is 2.55 bits per heavy atom. The average Bonchev–Trinajstić information content (AvgIpc) is 2.95. The van der Waals surface area contributed by atoms with Crippen molar-refractivity contribution in [3.63, 3.8) is 0 Å². The van der Waals surface area contributed by atoms with E-state index in [-0.39, 0.29) is 5.41 Å². The van der Waals surface area contributed by atoms with Crippen molar-refractivity contribution in [2.24, 2.45) is 0 Å². The molecule has 3 rings (SSSR count). The fourth-order valence-electron chi connectivity index (χ4n) is 2.45. The van der Waals surface area contributed by atoms with Crippen molar-refractivity contribution in [3.8, 4) is 11.3 Å². The lowest BCUT2D eigenvalue weighted by Gasteiger charge is -2.12. The molecular weight excluding hydrogens is 294 g/mol. The van der Waals surface area contributed by atoms with Gasteiger partial charge >= 0.3 is 0 Å². The van der Waals surface area contributed by atoms with Gasteiger partial charge in [0.2, 0.25) is 4.96 Å². The zero-order valence-corrected chi connectivity index (χ0v) is 14.3. The van der Waals surface area contributed by atoms with Gasteiger partial charge in [0, 0.05) is 11.0 Å². The van der Waals surface area contributed by atoms with E-state index >= 15 is 0 Å². The summed E-state index contributed by atoms with van der Waals surface area (Å²) in [6.45, 7) is 10.4. The molecule has 114 valence electrons. The maximum atomic E-state index is 11.6. The van der Waals surface area contributed by atoms with Gasteiger partial charge in [-0.25, -0.2) is 4.98 Å². The van der Waals surface area contributed by atoms with Gasteiger partial charge in [-0.15, -0.1) is 0 Å². The minimum Gasteiger partial charge on any atom is -0.296 e. The molecule has 0 aliphatic carbocycles. The molecule has 22 heavy (non-hydrogen) atoms. The quantitative estimate of drug-likeness (QED) is 0.667. The number of hydrogen-bond acceptors (Lipinski definition) is 4. The van der Waals surface area contributed by atoms with E-state index in [4.69, 9.17) is 0 Å². The van der Waals surface area contributed by atoms with E-state index in [2.05, 4.69) is 43.8 Å².